The predicted molar refractivity (Wildman–Crippen MR) is 55.0 cm³/mol. The molecule has 1 heterocycles. The molecule has 0 amide bonds. The first-order valence-corrected chi connectivity index (χ1v) is 5.02. The molecule has 0 spiro atoms. The minimum Gasteiger partial charge on any atom is -0.383 e. The van der Waals surface area contributed by atoms with Gasteiger partial charge in [-0.1, -0.05) is 6.92 Å². The molecule has 3 N–H and O–H groups in total. The highest BCUT2D eigenvalue weighted by Gasteiger charge is 2.24. The summed E-state index contributed by atoms with van der Waals surface area (Å²) >= 11 is 0. The molecule has 4 heteroatoms. The Kier molecular flexibility index (Phi) is 2.27. The van der Waals surface area contributed by atoms with Crippen LogP contribution in [0.4, 0.5) is 5.82 Å². The molecule has 1 aromatic rings. The zero-order valence-corrected chi connectivity index (χ0v) is 8.29. The number of aromatic amines is 1. The zero-order valence-electron chi connectivity index (χ0n) is 8.29. The molecule has 0 bridgehead atoms. The molecule has 1 aliphatic rings. The van der Waals surface area contributed by atoms with E-state index in [-0.39, 0.29) is 5.56 Å². The highest BCUT2D eigenvalue weighted by molar-refractivity contribution is 5.26. The second kappa shape index (κ2) is 3.44. The highest BCUT2D eigenvalue weighted by atomic mass is 16.1. The molecular formula is C10H15N3O. The fourth-order valence-electron chi connectivity index (χ4n) is 2.14. The van der Waals surface area contributed by atoms with Crippen molar-refractivity contribution in [3.63, 3.8) is 0 Å². The summed E-state index contributed by atoms with van der Waals surface area (Å²) in [5.74, 6) is 2.20. The lowest BCUT2D eigenvalue weighted by Gasteiger charge is -2.08. The fraction of sp³-hybridized carbons (Fsp3) is 0.600. The smallest absolute Gasteiger partial charge is 0.252 e. The van der Waals surface area contributed by atoms with Gasteiger partial charge in [-0.25, -0.2) is 4.98 Å². The first-order chi connectivity index (χ1) is 6.65. The summed E-state index contributed by atoms with van der Waals surface area (Å²) in [6, 6.07) is 1.32. The van der Waals surface area contributed by atoms with E-state index in [0.717, 1.165) is 24.6 Å². The van der Waals surface area contributed by atoms with Crippen LogP contribution in [-0.2, 0) is 0 Å². The Balaban J connectivity index is 2.28. The van der Waals surface area contributed by atoms with Gasteiger partial charge in [-0.05, 0) is 25.2 Å². The third kappa shape index (κ3) is 1.78. The summed E-state index contributed by atoms with van der Waals surface area (Å²) in [5.41, 5.74) is 5.38. The van der Waals surface area contributed by atoms with Crippen molar-refractivity contribution >= 4 is 5.82 Å². The number of nitrogens with two attached hydrogens (primary N) is 1. The van der Waals surface area contributed by atoms with E-state index in [0.29, 0.717) is 11.7 Å². The SMILES string of the molecule is CC1CCC(c2nc(N)cc(=O)[nH]2)C1. The number of hydrogen-bond acceptors (Lipinski definition) is 3. The molecule has 1 saturated carbocycles. The molecule has 0 aromatic carbocycles. The minimum atomic E-state index is -0.146. The van der Waals surface area contributed by atoms with Crippen LogP contribution in [0.5, 0.6) is 0 Å². The van der Waals surface area contributed by atoms with E-state index in [9.17, 15) is 4.79 Å². The zero-order chi connectivity index (χ0) is 10.1. The summed E-state index contributed by atoms with van der Waals surface area (Å²) in [7, 11) is 0. The van der Waals surface area contributed by atoms with Crippen LogP contribution >= 0.6 is 0 Å². The predicted octanol–water partition coefficient (Wildman–Crippen LogP) is 1.26. The van der Waals surface area contributed by atoms with Crippen molar-refractivity contribution in [3.05, 3.63) is 22.2 Å². The Labute approximate surface area is 82.6 Å². The fourth-order valence-corrected chi connectivity index (χ4v) is 2.14. The van der Waals surface area contributed by atoms with Crippen LogP contribution in [0.25, 0.3) is 0 Å². The summed E-state index contributed by atoms with van der Waals surface area (Å²) in [4.78, 5) is 18.1. The Bertz CT molecular complexity index is 385. The maximum absolute atomic E-state index is 11.2. The lowest BCUT2D eigenvalue weighted by Crippen LogP contribution is -2.14. The van der Waals surface area contributed by atoms with E-state index in [4.69, 9.17) is 5.73 Å². The van der Waals surface area contributed by atoms with Crippen LogP contribution in [0, 0.1) is 5.92 Å². The number of nitrogen functional groups attached to an aromatic ring is 1. The molecular weight excluding hydrogens is 178 g/mol. The van der Waals surface area contributed by atoms with E-state index in [1.165, 1.54) is 12.5 Å². The van der Waals surface area contributed by atoms with Crippen molar-refractivity contribution in [1.29, 1.82) is 0 Å². The van der Waals surface area contributed by atoms with Gasteiger partial charge < -0.3 is 10.7 Å². The van der Waals surface area contributed by atoms with Crippen molar-refractivity contribution in [3.8, 4) is 0 Å². The highest BCUT2D eigenvalue weighted by Crippen LogP contribution is 2.35. The molecule has 76 valence electrons. The molecule has 0 saturated heterocycles. The van der Waals surface area contributed by atoms with Gasteiger partial charge >= 0.3 is 0 Å². The Hall–Kier alpha value is -1.32. The van der Waals surface area contributed by atoms with Crippen LogP contribution in [0.2, 0.25) is 0 Å². The van der Waals surface area contributed by atoms with E-state index in [1.54, 1.807) is 0 Å². The molecule has 1 fully saturated rings. The number of aromatic nitrogens is 2. The minimum absolute atomic E-state index is 0.146. The standard InChI is InChI=1S/C10H15N3O/c1-6-2-3-7(4-6)10-12-8(11)5-9(14)13-10/h5-7H,2-4H2,1H3,(H3,11,12,13,14). The van der Waals surface area contributed by atoms with Gasteiger partial charge in [-0.15, -0.1) is 0 Å². The van der Waals surface area contributed by atoms with E-state index in [1.807, 2.05) is 0 Å². The van der Waals surface area contributed by atoms with Crippen LogP contribution in [0.1, 0.15) is 37.9 Å². The normalized spacial score (nSPS) is 26.6. The molecule has 1 aliphatic carbocycles. The van der Waals surface area contributed by atoms with E-state index >= 15 is 0 Å². The maximum atomic E-state index is 11.2. The van der Waals surface area contributed by atoms with Crippen LogP contribution in [-0.4, -0.2) is 9.97 Å². The van der Waals surface area contributed by atoms with Crippen molar-refractivity contribution in [2.24, 2.45) is 5.92 Å². The lowest BCUT2D eigenvalue weighted by molar-refractivity contribution is 0.585. The van der Waals surface area contributed by atoms with Crippen LogP contribution in [0.3, 0.4) is 0 Å². The second-order valence-electron chi connectivity index (χ2n) is 4.17. The van der Waals surface area contributed by atoms with Crippen LogP contribution < -0.4 is 11.3 Å². The number of H-pyrrole nitrogens is 1. The lowest BCUT2D eigenvalue weighted by atomic mass is 10.1. The summed E-state index contributed by atoms with van der Waals surface area (Å²) in [5, 5.41) is 0. The number of hydrogen-bond donors (Lipinski definition) is 2. The molecule has 14 heavy (non-hydrogen) atoms. The topological polar surface area (TPSA) is 71.8 Å². The molecule has 0 radical (unpaired) electrons. The Morgan fingerprint density at radius 1 is 1.57 bits per heavy atom. The molecule has 4 nitrogen and oxygen atoms in total. The van der Waals surface area contributed by atoms with Crippen molar-refractivity contribution in [2.45, 2.75) is 32.1 Å². The van der Waals surface area contributed by atoms with Gasteiger partial charge in [-0.3, -0.25) is 4.79 Å². The average Bonchev–Trinajstić information content (AvgIpc) is 2.50. The van der Waals surface area contributed by atoms with Gasteiger partial charge in [-0.2, -0.15) is 0 Å². The quantitative estimate of drug-likeness (QED) is 0.705. The summed E-state index contributed by atoms with van der Waals surface area (Å²) in [6.07, 6.45) is 3.42. The molecule has 2 atom stereocenters. The van der Waals surface area contributed by atoms with Gasteiger partial charge in [0.1, 0.15) is 11.6 Å². The number of rotatable bonds is 1. The number of nitrogens with one attached hydrogen (secondary N) is 1. The van der Waals surface area contributed by atoms with Gasteiger partial charge in [0, 0.05) is 12.0 Å². The largest absolute Gasteiger partial charge is 0.383 e. The molecule has 2 rings (SSSR count). The Morgan fingerprint density at radius 2 is 2.36 bits per heavy atom. The van der Waals surface area contributed by atoms with Gasteiger partial charge in [0.05, 0.1) is 0 Å². The maximum Gasteiger partial charge on any atom is 0.252 e. The number of nitrogens with zero attached hydrogens (tertiary/aromatic N) is 1. The molecule has 1 aromatic heterocycles. The average molecular weight is 193 g/mol. The van der Waals surface area contributed by atoms with E-state index in [2.05, 4.69) is 16.9 Å². The number of anilines is 1. The van der Waals surface area contributed by atoms with Crippen molar-refractivity contribution in [2.75, 3.05) is 5.73 Å². The molecule has 2 unspecified atom stereocenters. The van der Waals surface area contributed by atoms with Crippen molar-refractivity contribution < 1.29 is 0 Å². The van der Waals surface area contributed by atoms with Gasteiger partial charge in [0.2, 0.25) is 0 Å². The van der Waals surface area contributed by atoms with Crippen molar-refractivity contribution in [1.82, 2.24) is 9.97 Å². The van der Waals surface area contributed by atoms with Gasteiger partial charge in [0.15, 0.2) is 0 Å². The van der Waals surface area contributed by atoms with Gasteiger partial charge in [0.25, 0.3) is 5.56 Å². The van der Waals surface area contributed by atoms with Crippen LogP contribution in [0.15, 0.2) is 10.9 Å². The third-order valence-corrected chi connectivity index (χ3v) is 2.86. The summed E-state index contributed by atoms with van der Waals surface area (Å²) < 4.78 is 0. The first kappa shape index (κ1) is 9.24. The monoisotopic (exact) mass is 193 g/mol. The first-order valence-electron chi connectivity index (χ1n) is 5.02. The van der Waals surface area contributed by atoms with E-state index < -0.39 is 0 Å². The Morgan fingerprint density at radius 3 is 2.93 bits per heavy atom. The summed E-state index contributed by atoms with van der Waals surface area (Å²) in [6.45, 7) is 2.23. The third-order valence-electron chi connectivity index (χ3n) is 2.86. The second-order valence-corrected chi connectivity index (χ2v) is 4.17. The molecule has 0 aliphatic heterocycles.